The molecule has 0 saturated carbocycles. The Balaban J connectivity index is -0.00000000947. The zero-order chi connectivity index (χ0) is 16.2. The van der Waals surface area contributed by atoms with Gasteiger partial charge in [-0.3, -0.25) is 0 Å². The summed E-state index contributed by atoms with van der Waals surface area (Å²) in [5, 5.41) is 54.0. The molecule has 0 radical (unpaired) electrons. The van der Waals surface area contributed by atoms with Crippen molar-refractivity contribution in [2.45, 2.75) is 0 Å². The van der Waals surface area contributed by atoms with Crippen LogP contribution in [0.2, 0.25) is 0 Å². The Labute approximate surface area is 237 Å². The van der Waals surface area contributed by atoms with E-state index >= 15 is 0 Å². The standard InChI is InChI=1S/Co.2K.6HNO2.Na/c;;;6*2-1-3;/h;;;6*(H,2,3);/q+3;2*+1;;;;;;;+1/p-6. The fourth-order valence-corrected chi connectivity index (χ4v) is 0. The fraction of sp³-hybridized carbons (Fsp3) is 0. The van der Waals surface area contributed by atoms with Crippen LogP contribution >= 0.6 is 0 Å². The van der Waals surface area contributed by atoms with Gasteiger partial charge in [0.25, 0.3) is 0 Å². The summed E-state index contributed by atoms with van der Waals surface area (Å²) in [7, 11) is 0. The third kappa shape index (κ3) is 6200. The van der Waals surface area contributed by atoms with Gasteiger partial charge in [0.1, 0.15) is 0 Å². The van der Waals surface area contributed by atoms with E-state index in [0.717, 1.165) is 32.0 Å². The van der Waals surface area contributed by atoms with Crippen LogP contribution in [0.15, 0.2) is 32.0 Å². The molecule has 18 nitrogen and oxygen atoms in total. The Hall–Kier alpha value is 1.18. The zero-order valence-electron chi connectivity index (χ0n) is 10.9. The molecular formula is CoK2N6NaO12. The Morgan fingerprint density at radius 3 is 0.409 bits per heavy atom. The molecule has 0 N–H and O–H groups in total. The van der Waals surface area contributed by atoms with E-state index in [1.807, 2.05) is 0 Å². The predicted molar refractivity (Wildman–Crippen MR) is 55.0 cm³/mol. The largest absolute Gasteiger partial charge is 3.00 e. The number of nitrogens with zero attached hydrogens (tertiary/aromatic N) is 6. The van der Waals surface area contributed by atoms with Crippen molar-refractivity contribution in [3.63, 3.8) is 0 Å². The smallest absolute Gasteiger partial charge is 0.444 e. The minimum absolute atomic E-state index is 0. The molecule has 0 spiro atoms. The van der Waals surface area contributed by atoms with Crippen LogP contribution in [-0.2, 0) is 16.8 Å². The molecule has 0 atom stereocenters. The van der Waals surface area contributed by atoms with E-state index in [1.165, 1.54) is 0 Å². The molecule has 22 heavy (non-hydrogen) atoms. The summed E-state index contributed by atoms with van der Waals surface area (Å²) >= 11 is 0. The second kappa shape index (κ2) is 193. The van der Waals surface area contributed by atoms with Gasteiger partial charge in [0.15, 0.2) is 0 Å². The van der Waals surface area contributed by atoms with Gasteiger partial charge in [-0.25, -0.2) is 0 Å². The van der Waals surface area contributed by atoms with Crippen molar-refractivity contribution in [2.24, 2.45) is 32.0 Å². The number of hydrogen-bond acceptors (Lipinski definition) is 18. The summed E-state index contributed by atoms with van der Waals surface area (Å²) in [6.07, 6.45) is 0. The van der Waals surface area contributed by atoms with Crippen LogP contribution in [-0.4, -0.2) is 0 Å². The van der Waals surface area contributed by atoms with E-state index in [4.69, 9.17) is 60.7 Å². The van der Waals surface area contributed by atoms with Crippen molar-refractivity contribution in [2.75, 3.05) is 0 Å². The molecule has 0 unspecified atom stereocenters. The maximum Gasteiger partial charge on any atom is 3.00 e. The minimum atomic E-state index is 0. The fourth-order valence-electron chi connectivity index (χ4n) is 0. The van der Waals surface area contributed by atoms with Crippen molar-refractivity contribution < 1.29 is 149 Å². The van der Waals surface area contributed by atoms with E-state index in [-0.39, 0.29) is 149 Å². The van der Waals surface area contributed by atoms with E-state index in [0.29, 0.717) is 0 Å². The van der Waals surface area contributed by atoms with E-state index in [9.17, 15) is 0 Å². The second-order valence-electron chi connectivity index (χ2n) is 0.447. The third-order valence-corrected chi connectivity index (χ3v) is 0. The summed E-state index contributed by atoms with van der Waals surface area (Å²) < 4.78 is 0. The number of hydrogen-bond donors (Lipinski definition) is 0. The average molecular weight is 436 g/mol. The Morgan fingerprint density at radius 2 is 0.409 bits per heavy atom. The van der Waals surface area contributed by atoms with Crippen molar-refractivity contribution >= 4 is 0 Å². The first-order valence-electron chi connectivity index (χ1n) is 2.19. The summed E-state index contributed by atoms with van der Waals surface area (Å²) in [5.74, 6) is 0. The summed E-state index contributed by atoms with van der Waals surface area (Å²) in [4.78, 5) is 48.0. The van der Waals surface area contributed by atoms with Crippen LogP contribution in [0.3, 0.4) is 0 Å². The van der Waals surface area contributed by atoms with E-state index in [1.54, 1.807) is 0 Å². The van der Waals surface area contributed by atoms with Crippen LogP contribution < -0.4 is 132 Å². The third-order valence-electron chi connectivity index (χ3n) is 0. The first kappa shape index (κ1) is 65.6. The molecule has 0 fully saturated rings. The zero-order valence-corrected chi connectivity index (χ0v) is 20.2. The van der Waals surface area contributed by atoms with Crippen molar-refractivity contribution in [3.8, 4) is 0 Å². The van der Waals surface area contributed by atoms with E-state index < -0.39 is 0 Å². The van der Waals surface area contributed by atoms with Crippen LogP contribution in [0.25, 0.3) is 0 Å². The summed E-state index contributed by atoms with van der Waals surface area (Å²) in [6, 6.07) is 0. The second-order valence-corrected chi connectivity index (χ2v) is 0.447. The molecule has 114 valence electrons. The Bertz CT molecular complexity index is 129. The summed E-state index contributed by atoms with van der Waals surface area (Å²) in [6.45, 7) is 0. The molecule has 0 aromatic rings. The molecule has 0 heterocycles. The molecule has 0 amide bonds. The first-order chi connectivity index (χ1) is 8.49. The number of rotatable bonds is 0. The van der Waals surface area contributed by atoms with Crippen LogP contribution in [0.4, 0.5) is 0 Å². The molecule has 0 rings (SSSR count). The van der Waals surface area contributed by atoms with Gasteiger partial charge in [0, 0.05) is 0 Å². The average Bonchev–Trinajstić information content (AvgIpc) is 2.23. The quantitative estimate of drug-likeness (QED) is 0.194. The molecule has 0 aromatic heterocycles. The topological polar surface area (TPSA) is 315 Å². The SMILES string of the molecule is O=N[O-].O=N[O-].O=N[O-].O=N[O-].O=N[O-].O=N[O-].[Co+3].[K+].[K+].[Na+]. The van der Waals surface area contributed by atoms with Crippen molar-refractivity contribution in [1.82, 2.24) is 0 Å². The van der Waals surface area contributed by atoms with Crippen molar-refractivity contribution in [3.05, 3.63) is 60.7 Å². The van der Waals surface area contributed by atoms with Gasteiger partial charge in [-0.2, -0.15) is 0 Å². The molecular weight excluding hydrogens is 436 g/mol. The van der Waals surface area contributed by atoms with Gasteiger partial charge in [0.05, 0.1) is 0 Å². The molecule has 0 saturated heterocycles. The van der Waals surface area contributed by atoms with Crippen LogP contribution in [0.5, 0.6) is 0 Å². The summed E-state index contributed by atoms with van der Waals surface area (Å²) in [5.41, 5.74) is 0. The maximum absolute atomic E-state index is 8.00. The minimum Gasteiger partial charge on any atom is -0.444 e. The molecule has 0 aliphatic carbocycles. The van der Waals surface area contributed by atoms with Gasteiger partial charge < -0.3 is 60.7 Å². The first-order valence-corrected chi connectivity index (χ1v) is 2.19. The Kier molecular flexibility index (Phi) is 576. The monoisotopic (exact) mass is 436 g/mol. The van der Waals surface area contributed by atoms with Gasteiger partial charge >= 0.3 is 149 Å². The maximum atomic E-state index is 8.00. The van der Waals surface area contributed by atoms with Crippen LogP contribution in [0.1, 0.15) is 0 Å². The van der Waals surface area contributed by atoms with Crippen LogP contribution in [0, 0.1) is 60.7 Å². The van der Waals surface area contributed by atoms with Gasteiger partial charge in [-0.1, -0.05) is 0 Å². The van der Waals surface area contributed by atoms with Gasteiger partial charge in [-0.05, 0) is 0 Å². The van der Waals surface area contributed by atoms with Crippen molar-refractivity contribution in [1.29, 1.82) is 0 Å². The molecule has 22 heteroatoms. The molecule has 0 aromatic carbocycles. The normalized spacial score (nSPS) is 3.27. The molecule has 0 aliphatic heterocycles. The molecule has 0 bridgehead atoms. The predicted octanol–water partition coefficient (Wildman–Crippen LogP) is -7.49. The van der Waals surface area contributed by atoms with Gasteiger partial charge in [-0.15, -0.1) is 32.0 Å². The Morgan fingerprint density at radius 1 is 0.409 bits per heavy atom. The van der Waals surface area contributed by atoms with E-state index in [2.05, 4.69) is 0 Å². The van der Waals surface area contributed by atoms with Gasteiger partial charge in [0.2, 0.25) is 0 Å². The molecule has 0 aliphatic rings.